The number of carboxylic acid groups (broad SMARTS) is 1. The number of carboxylic acids is 1. The molecular weight excluding hydrogens is 440 g/mol. The molecule has 4 N–H and O–H groups in total. The molecule has 3 aromatic rings. The average Bonchev–Trinajstić information content (AvgIpc) is 2.78. The molecule has 0 aliphatic carbocycles. The van der Waals surface area contributed by atoms with Crippen LogP contribution >= 0.6 is 0 Å². The van der Waals surface area contributed by atoms with Crippen LogP contribution in [0.1, 0.15) is 54.2 Å². The lowest BCUT2D eigenvalue weighted by atomic mass is 9.84. The van der Waals surface area contributed by atoms with Gasteiger partial charge in [-0.3, -0.25) is 9.59 Å². The second-order valence-corrected chi connectivity index (χ2v) is 9.80. The molecule has 2 aromatic carbocycles. The van der Waals surface area contributed by atoms with Crippen molar-refractivity contribution in [2.45, 2.75) is 66.5 Å². The third kappa shape index (κ3) is 6.68. The lowest BCUT2D eigenvalue weighted by Gasteiger charge is -2.24. The Morgan fingerprint density at radius 3 is 2.14 bits per heavy atom. The van der Waals surface area contributed by atoms with Crippen LogP contribution < -0.4 is 10.9 Å². The predicted molar refractivity (Wildman–Crippen MR) is 144 cm³/mol. The number of aliphatic hydroxyl groups is 1. The van der Waals surface area contributed by atoms with Crippen LogP contribution in [0.3, 0.4) is 0 Å². The Balaban J connectivity index is 0.000000551. The molecule has 188 valence electrons. The fourth-order valence-electron chi connectivity index (χ4n) is 4.45. The number of pyridine rings is 1. The van der Waals surface area contributed by atoms with E-state index in [0.29, 0.717) is 6.54 Å². The summed E-state index contributed by atoms with van der Waals surface area (Å²) in [5, 5.41) is 22.4. The zero-order chi connectivity index (χ0) is 26.5. The Hall–Kier alpha value is -3.22. The molecule has 1 aliphatic heterocycles. The molecule has 6 heteroatoms. The highest BCUT2D eigenvalue weighted by atomic mass is 16.4. The highest BCUT2D eigenvalue weighted by Gasteiger charge is 2.24. The van der Waals surface area contributed by atoms with Crippen molar-refractivity contribution in [2.24, 2.45) is 0 Å². The van der Waals surface area contributed by atoms with Crippen LogP contribution in [0, 0.1) is 20.8 Å². The van der Waals surface area contributed by atoms with Gasteiger partial charge in [-0.25, -0.2) is 0 Å². The summed E-state index contributed by atoms with van der Waals surface area (Å²) in [5.74, 6) is -0.875. The van der Waals surface area contributed by atoms with Gasteiger partial charge in [0, 0.05) is 17.5 Å². The molecular formula is C29H38N2O4. The number of carbonyl (C=O) groups is 1. The van der Waals surface area contributed by atoms with Crippen molar-refractivity contribution < 1.29 is 15.0 Å². The number of hydrogen-bond acceptors (Lipinski definition) is 4. The van der Waals surface area contributed by atoms with E-state index in [2.05, 4.69) is 23.5 Å². The minimum atomic E-state index is -0.875. The smallest absolute Gasteiger partial charge is 0.307 e. The third-order valence-electron chi connectivity index (χ3n) is 5.83. The molecule has 0 amide bonds. The van der Waals surface area contributed by atoms with E-state index in [1.54, 1.807) is 20.8 Å². The predicted octanol–water partition coefficient (Wildman–Crippen LogP) is 4.97. The number of hydrogen-bond donors (Lipinski definition) is 4. The van der Waals surface area contributed by atoms with Crippen LogP contribution in [0.5, 0.6) is 0 Å². The number of rotatable bonds is 3. The fourth-order valence-corrected chi connectivity index (χ4v) is 4.45. The standard InChI is InChI=1S/C23H24N2O3.C4H10O.C2H4/c1-12-4-6-15(7-5-12)20-14(3)21-16-8-9-24-11-18(16)23(28)25-22(21)13(2)17(20)10-19(26)27;1-4(2,3)5;1-2/h4-7,24H,8-11H2,1-3H3,(H,25,28)(H,26,27);5H,1-3H3;1-2H2. The Morgan fingerprint density at radius 2 is 1.60 bits per heavy atom. The van der Waals surface area contributed by atoms with Crippen molar-refractivity contribution in [1.29, 1.82) is 0 Å². The first-order valence-electron chi connectivity index (χ1n) is 11.8. The van der Waals surface area contributed by atoms with E-state index in [1.165, 1.54) is 0 Å². The van der Waals surface area contributed by atoms with Gasteiger partial charge in [0.05, 0.1) is 17.5 Å². The van der Waals surface area contributed by atoms with Crippen molar-refractivity contribution in [1.82, 2.24) is 10.3 Å². The number of benzene rings is 2. The van der Waals surface area contributed by atoms with E-state index in [1.807, 2.05) is 45.0 Å². The van der Waals surface area contributed by atoms with Gasteiger partial charge in [-0.1, -0.05) is 29.8 Å². The van der Waals surface area contributed by atoms with Gasteiger partial charge in [-0.2, -0.15) is 0 Å². The Bertz CT molecular complexity index is 1260. The van der Waals surface area contributed by atoms with Crippen molar-refractivity contribution in [3.05, 3.63) is 81.2 Å². The number of aromatic amines is 1. The lowest BCUT2D eigenvalue weighted by Crippen LogP contribution is -2.31. The van der Waals surface area contributed by atoms with Gasteiger partial charge < -0.3 is 20.5 Å². The first-order chi connectivity index (χ1) is 16.4. The monoisotopic (exact) mass is 478 g/mol. The van der Waals surface area contributed by atoms with Crippen molar-refractivity contribution in [3.8, 4) is 11.1 Å². The zero-order valence-corrected chi connectivity index (χ0v) is 21.8. The summed E-state index contributed by atoms with van der Waals surface area (Å²) in [7, 11) is 0. The van der Waals surface area contributed by atoms with Crippen LogP contribution in [0.4, 0.5) is 0 Å². The van der Waals surface area contributed by atoms with Gasteiger partial charge in [-0.05, 0) is 87.9 Å². The van der Waals surface area contributed by atoms with E-state index in [-0.39, 0.29) is 12.0 Å². The van der Waals surface area contributed by atoms with Crippen molar-refractivity contribution >= 4 is 16.9 Å². The average molecular weight is 479 g/mol. The third-order valence-corrected chi connectivity index (χ3v) is 5.83. The summed E-state index contributed by atoms with van der Waals surface area (Å²) in [6, 6.07) is 8.19. The van der Waals surface area contributed by atoms with Gasteiger partial charge in [0.25, 0.3) is 5.56 Å². The number of aromatic nitrogens is 1. The summed E-state index contributed by atoms with van der Waals surface area (Å²) in [5.41, 5.74) is 7.87. The minimum Gasteiger partial charge on any atom is -0.481 e. The second-order valence-electron chi connectivity index (χ2n) is 9.80. The number of aliphatic carboxylic acids is 1. The molecule has 6 nitrogen and oxygen atoms in total. The van der Waals surface area contributed by atoms with Gasteiger partial charge >= 0.3 is 5.97 Å². The summed E-state index contributed by atoms with van der Waals surface area (Å²) in [4.78, 5) is 27.3. The van der Waals surface area contributed by atoms with Gasteiger partial charge in [0.2, 0.25) is 0 Å². The van der Waals surface area contributed by atoms with Crippen molar-refractivity contribution in [2.75, 3.05) is 6.54 Å². The summed E-state index contributed by atoms with van der Waals surface area (Å²) in [6.07, 6.45) is 0.716. The highest BCUT2D eigenvalue weighted by Crippen LogP contribution is 2.38. The molecule has 2 heterocycles. The first kappa shape index (κ1) is 28.0. The number of nitrogens with one attached hydrogen (secondary N) is 2. The molecule has 0 radical (unpaired) electrons. The van der Waals surface area contributed by atoms with Gasteiger partial charge in [-0.15, -0.1) is 13.2 Å². The Morgan fingerprint density at radius 1 is 1.03 bits per heavy atom. The highest BCUT2D eigenvalue weighted by molar-refractivity contribution is 5.97. The molecule has 0 unspecified atom stereocenters. The molecule has 0 atom stereocenters. The maximum Gasteiger partial charge on any atom is 0.307 e. The summed E-state index contributed by atoms with van der Waals surface area (Å²) in [6.45, 7) is 18.6. The number of H-pyrrole nitrogens is 1. The molecule has 1 aliphatic rings. The molecule has 0 saturated heterocycles. The van der Waals surface area contributed by atoms with Crippen LogP contribution in [0.2, 0.25) is 0 Å². The maximum absolute atomic E-state index is 12.7. The van der Waals surface area contributed by atoms with Gasteiger partial charge in [0.15, 0.2) is 0 Å². The lowest BCUT2D eigenvalue weighted by molar-refractivity contribution is -0.136. The van der Waals surface area contributed by atoms with E-state index < -0.39 is 11.6 Å². The number of fused-ring (bicyclic) bond motifs is 3. The van der Waals surface area contributed by atoms with E-state index in [0.717, 1.165) is 68.4 Å². The fraction of sp³-hybridized carbons (Fsp3) is 0.379. The molecule has 0 saturated carbocycles. The van der Waals surface area contributed by atoms with E-state index in [9.17, 15) is 14.7 Å². The molecule has 4 rings (SSSR count). The normalized spacial score (nSPS) is 12.7. The van der Waals surface area contributed by atoms with Crippen LogP contribution in [0.25, 0.3) is 22.0 Å². The van der Waals surface area contributed by atoms with E-state index in [4.69, 9.17) is 5.11 Å². The summed E-state index contributed by atoms with van der Waals surface area (Å²) >= 11 is 0. The maximum atomic E-state index is 12.7. The second kappa shape index (κ2) is 11.5. The SMILES string of the molecule is C=C.CC(C)(C)O.Cc1ccc(-c2c(CC(=O)O)c(C)c3[nH]c(=O)c4c(c3c2C)CCNC4)cc1. The van der Waals surface area contributed by atoms with Crippen LogP contribution in [-0.4, -0.2) is 33.3 Å². The largest absolute Gasteiger partial charge is 0.481 e. The Kier molecular flexibility index (Phi) is 9.18. The number of aryl methyl sites for hydroxylation is 3. The van der Waals surface area contributed by atoms with Crippen molar-refractivity contribution in [3.63, 3.8) is 0 Å². The van der Waals surface area contributed by atoms with Crippen LogP contribution in [-0.2, 0) is 24.2 Å². The van der Waals surface area contributed by atoms with Gasteiger partial charge in [0.1, 0.15) is 0 Å². The topological polar surface area (TPSA) is 102 Å². The molecule has 0 spiro atoms. The quantitative estimate of drug-likeness (QED) is 0.398. The molecule has 0 fully saturated rings. The molecule has 1 aromatic heterocycles. The minimum absolute atomic E-state index is 0.0769. The Labute approximate surface area is 207 Å². The first-order valence-corrected chi connectivity index (χ1v) is 11.8. The van der Waals surface area contributed by atoms with Crippen LogP contribution in [0.15, 0.2) is 42.2 Å². The molecule has 35 heavy (non-hydrogen) atoms. The van der Waals surface area contributed by atoms with E-state index >= 15 is 0 Å². The summed E-state index contributed by atoms with van der Waals surface area (Å²) < 4.78 is 0. The zero-order valence-electron chi connectivity index (χ0n) is 21.8. The molecule has 0 bridgehead atoms.